The summed E-state index contributed by atoms with van der Waals surface area (Å²) in [6, 6.07) is 9.65. The predicted molar refractivity (Wildman–Crippen MR) is 168 cm³/mol. The standard InChI is InChI=1S/C31H34ClFN6O3S/c1-17(2)39-30-24(19-5-9-22(10-6-19)36-23-15-42-16-23)14-35-31(34)28(30)29(37-39)20-7-11-26(25(33)12-20)38-43(40,41)27-13-21(32)8-4-18(27)3/h4-5,7-8,11-14,17,22-23,36,38H,6,9-10,15-16H2,1-3H3,(H2,34,35). The van der Waals surface area contributed by atoms with Crippen LogP contribution >= 0.6 is 11.6 Å². The lowest BCUT2D eigenvalue weighted by Gasteiger charge is -2.33. The van der Waals surface area contributed by atoms with E-state index < -0.39 is 15.8 Å². The average Bonchev–Trinajstić information content (AvgIpc) is 3.36. The molecule has 0 amide bonds. The number of allylic oxidation sites excluding steroid dienone is 1. The van der Waals surface area contributed by atoms with Crippen LogP contribution in [0.1, 0.15) is 50.3 Å². The van der Waals surface area contributed by atoms with Gasteiger partial charge in [0, 0.05) is 34.4 Å². The van der Waals surface area contributed by atoms with Crippen molar-refractivity contribution in [1.82, 2.24) is 20.1 Å². The van der Waals surface area contributed by atoms with E-state index in [9.17, 15) is 8.42 Å². The molecular formula is C31H34ClFN6O3S. The van der Waals surface area contributed by atoms with Gasteiger partial charge in [0.15, 0.2) is 0 Å². The molecule has 2 aromatic heterocycles. The fraction of sp³-hybridized carbons (Fsp3) is 0.355. The fourth-order valence-corrected chi connectivity index (χ4v) is 7.29. The number of nitrogen functional groups attached to an aromatic ring is 1. The molecule has 1 aliphatic heterocycles. The number of rotatable bonds is 8. The Morgan fingerprint density at radius 3 is 2.60 bits per heavy atom. The van der Waals surface area contributed by atoms with Crippen molar-refractivity contribution in [2.75, 3.05) is 23.7 Å². The van der Waals surface area contributed by atoms with Gasteiger partial charge in [-0.15, -0.1) is 0 Å². The van der Waals surface area contributed by atoms with Crippen LogP contribution in [0.15, 0.2) is 53.6 Å². The molecule has 43 heavy (non-hydrogen) atoms. The van der Waals surface area contributed by atoms with Gasteiger partial charge in [-0.1, -0.05) is 29.8 Å². The van der Waals surface area contributed by atoms with Gasteiger partial charge in [0.25, 0.3) is 10.0 Å². The van der Waals surface area contributed by atoms with Crippen molar-refractivity contribution < 1.29 is 17.5 Å². The first-order chi connectivity index (χ1) is 20.5. The SMILES string of the molecule is Cc1ccc(Cl)cc1S(=O)(=O)Nc1ccc(-c2nn(C(C)C)c3c(C4=CCC(NC5COC5)CC4)cnc(N)c23)cc1F. The van der Waals surface area contributed by atoms with Crippen LogP contribution in [0, 0.1) is 12.7 Å². The second-order valence-electron chi connectivity index (χ2n) is 11.5. The summed E-state index contributed by atoms with van der Waals surface area (Å²) in [5.41, 5.74) is 10.7. The minimum absolute atomic E-state index is 0.00844. The van der Waals surface area contributed by atoms with Gasteiger partial charge in [-0.05, 0) is 75.4 Å². The quantitative estimate of drug-likeness (QED) is 0.217. The molecule has 1 saturated heterocycles. The Morgan fingerprint density at radius 1 is 1.16 bits per heavy atom. The molecule has 4 N–H and O–H groups in total. The number of sulfonamides is 1. The van der Waals surface area contributed by atoms with Crippen molar-refractivity contribution in [3.63, 3.8) is 0 Å². The van der Waals surface area contributed by atoms with E-state index in [0.717, 1.165) is 43.6 Å². The van der Waals surface area contributed by atoms with Gasteiger partial charge in [-0.25, -0.2) is 17.8 Å². The first-order valence-corrected chi connectivity index (χ1v) is 16.2. The summed E-state index contributed by atoms with van der Waals surface area (Å²) >= 11 is 6.02. The Labute approximate surface area is 255 Å². The maximum atomic E-state index is 15.5. The number of nitrogens with one attached hydrogen (secondary N) is 2. The highest BCUT2D eigenvalue weighted by molar-refractivity contribution is 7.92. The predicted octanol–water partition coefficient (Wildman–Crippen LogP) is 6.09. The second-order valence-corrected chi connectivity index (χ2v) is 13.6. The molecule has 2 aliphatic rings. The molecule has 4 aromatic rings. The van der Waals surface area contributed by atoms with Crippen molar-refractivity contribution in [3.05, 3.63) is 70.6 Å². The number of benzene rings is 2. The zero-order chi connectivity index (χ0) is 30.5. The Morgan fingerprint density at radius 2 is 1.95 bits per heavy atom. The van der Waals surface area contributed by atoms with Crippen LogP contribution in [-0.4, -0.2) is 48.5 Å². The summed E-state index contributed by atoms with van der Waals surface area (Å²) in [7, 11) is -4.08. The van der Waals surface area contributed by atoms with Gasteiger partial charge in [0.2, 0.25) is 0 Å². The van der Waals surface area contributed by atoms with Gasteiger partial charge in [0.1, 0.15) is 17.3 Å². The van der Waals surface area contributed by atoms with E-state index in [1.54, 1.807) is 31.3 Å². The van der Waals surface area contributed by atoms with E-state index >= 15 is 4.39 Å². The van der Waals surface area contributed by atoms with Crippen LogP contribution in [-0.2, 0) is 14.8 Å². The van der Waals surface area contributed by atoms with Gasteiger partial charge in [-0.2, -0.15) is 5.10 Å². The molecule has 2 aromatic carbocycles. The van der Waals surface area contributed by atoms with Crippen LogP contribution in [0.4, 0.5) is 15.9 Å². The highest BCUT2D eigenvalue weighted by Gasteiger charge is 2.27. The van der Waals surface area contributed by atoms with E-state index in [4.69, 9.17) is 27.2 Å². The van der Waals surface area contributed by atoms with Crippen molar-refractivity contribution in [3.8, 4) is 11.3 Å². The average molecular weight is 625 g/mol. The number of pyridine rings is 1. The molecule has 0 saturated carbocycles. The Balaban J connectivity index is 1.36. The third-order valence-corrected chi connectivity index (χ3v) is 9.78. The number of fused-ring (bicyclic) bond motifs is 1. The number of aromatic nitrogens is 3. The Bertz CT molecular complexity index is 1850. The lowest BCUT2D eigenvalue weighted by Crippen LogP contribution is -2.50. The molecule has 12 heteroatoms. The normalized spacial score (nSPS) is 17.7. The third-order valence-electron chi connectivity index (χ3n) is 8.04. The molecule has 0 spiro atoms. The largest absolute Gasteiger partial charge is 0.383 e. The van der Waals surface area contributed by atoms with E-state index in [2.05, 4.69) is 21.1 Å². The van der Waals surface area contributed by atoms with E-state index in [-0.39, 0.29) is 21.6 Å². The molecular weight excluding hydrogens is 591 g/mol. The molecule has 1 aliphatic carbocycles. The summed E-state index contributed by atoms with van der Waals surface area (Å²) in [5, 5.41) is 9.45. The van der Waals surface area contributed by atoms with Crippen LogP contribution in [0.3, 0.4) is 0 Å². The molecule has 6 rings (SSSR count). The van der Waals surface area contributed by atoms with E-state index in [1.165, 1.54) is 23.8 Å². The Kier molecular flexibility index (Phi) is 7.93. The number of nitrogens with zero attached hydrogens (tertiary/aromatic N) is 3. The molecule has 1 atom stereocenters. The number of anilines is 2. The fourth-order valence-electron chi connectivity index (χ4n) is 5.71. The number of nitrogens with two attached hydrogens (primary N) is 1. The molecule has 3 heterocycles. The molecule has 226 valence electrons. The maximum Gasteiger partial charge on any atom is 0.262 e. The highest BCUT2D eigenvalue weighted by atomic mass is 35.5. The Hall–Kier alpha value is -3.51. The van der Waals surface area contributed by atoms with E-state index in [0.29, 0.717) is 40.1 Å². The summed E-state index contributed by atoms with van der Waals surface area (Å²) in [5.74, 6) is -0.454. The van der Waals surface area contributed by atoms with Gasteiger partial charge < -0.3 is 15.8 Å². The van der Waals surface area contributed by atoms with Gasteiger partial charge >= 0.3 is 0 Å². The molecule has 0 bridgehead atoms. The first kappa shape index (κ1) is 29.6. The summed E-state index contributed by atoms with van der Waals surface area (Å²) in [4.78, 5) is 4.50. The smallest absolute Gasteiger partial charge is 0.262 e. The lowest BCUT2D eigenvalue weighted by atomic mass is 9.89. The van der Waals surface area contributed by atoms with Crippen LogP contribution in [0.5, 0.6) is 0 Å². The summed E-state index contributed by atoms with van der Waals surface area (Å²) in [6.45, 7) is 7.24. The van der Waals surface area contributed by atoms with E-state index in [1.807, 2.05) is 18.5 Å². The van der Waals surface area contributed by atoms with Crippen molar-refractivity contribution in [2.45, 2.75) is 63.1 Å². The maximum absolute atomic E-state index is 15.5. The molecule has 0 radical (unpaired) electrons. The van der Waals surface area contributed by atoms with Crippen LogP contribution < -0.4 is 15.8 Å². The summed E-state index contributed by atoms with van der Waals surface area (Å²) in [6.07, 6.45) is 6.83. The monoisotopic (exact) mass is 624 g/mol. The third kappa shape index (κ3) is 5.74. The minimum atomic E-state index is -4.08. The van der Waals surface area contributed by atoms with Crippen molar-refractivity contribution in [2.24, 2.45) is 0 Å². The molecule has 1 fully saturated rings. The highest BCUT2D eigenvalue weighted by Crippen LogP contribution is 2.40. The van der Waals surface area contributed by atoms with Gasteiger partial charge in [0.05, 0.1) is 40.7 Å². The number of aryl methyl sites for hydroxylation is 1. The number of hydrogen-bond donors (Lipinski definition) is 3. The van der Waals surface area contributed by atoms with Crippen LogP contribution in [0.25, 0.3) is 27.7 Å². The molecule has 9 nitrogen and oxygen atoms in total. The zero-order valence-corrected chi connectivity index (χ0v) is 25.8. The van der Waals surface area contributed by atoms with Gasteiger partial charge in [-0.3, -0.25) is 9.40 Å². The van der Waals surface area contributed by atoms with Crippen molar-refractivity contribution in [1.29, 1.82) is 0 Å². The summed E-state index contributed by atoms with van der Waals surface area (Å²) < 4.78 is 51.2. The first-order valence-electron chi connectivity index (χ1n) is 14.3. The number of hydrogen-bond acceptors (Lipinski definition) is 7. The minimum Gasteiger partial charge on any atom is -0.383 e. The van der Waals surface area contributed by atoms with Crippen molar-refractivity contribution >= 4 is 49.6 Å². The molecule has 1 unspecified atom stereocenters. The number of halogens is 2. The van der Waals surface area contributed by atoms with Crippen LogP contribution in [0.2, 0.25) is 5.02 Å². The number of ether oxygens (including phenoxy) is 1. The zero-order valence-electron chi connectivity index (χ0n) is 24.2. The topological polar surface area (TPSA) is 124 Å². The lowest BCUT2D eigenvalue weighted by molar-refractivity contribution is -0.0103. The second kappa shape index (κ2) is 11.5.